The van der Waals surface area contributed by atoms with Gasteiger partial charge in [-0.1, -0.05) is 0 Å². The summed E-state index contributed by atoms with van der Waals surface area (Å²) in [5.41, 5.74) is 0. The van der Waals surface area contributed by atoms with E-state index in [0.29, 0.717) is 0 Å². The molecule has 0 fully saturated rings. The monoisotopic (exact) mass is 264 g/mol. The molecule has 0 spiro atoms. The zero-order chi connectivity index (χ0) is 12.2. The maximum atomic E-state index is 10.9. The Labute approximate surface area is 103 Å². The first-order valence-corrected chi connectivity index (χ1v) is 5.29. The molecule has 0 saturated carbocycles. The fourth-order valence-corrected chi connectivity index (χ4v) is 0.663. The number of alkyl halides is 2. The molecule has 0 saturated heterocycles. The van der Waals surface area contributed by atoms with E-state index in [0.717, 1.165) is 24.7 Å². The Morgan fingerprint density at radius 3 is 1.56 bits per heavy atom. The van der Waals surface area contributed by atoms with Crippen molar-refractivity contribution in [3.63, 3.8) is 0 Å². The van der Waals surface area contributed by atoms with Gasteiger partial charge < -0.3 is 9.47 Å². The maximum absolute atomic E-state index is 10.9. The number of carbonyl (C=O) groups excluding carboxylic acids is 2. The molecule has 88 valence electrons. The molecule has 0 aromatic rings. The van der Waals surface area contributed by atoms with Crippen LogP contribution >= 0.6 is 23.2 Å². The molecule has 0 radical (unpaired) electrons. The first-order chi connectivity index (χ1) is 7.70. The predicted octanol–water partition coefficient (Wildman–Crippen LogP) is 2.13. The van der Waals surface area contributed by atoms with Crippen LogP contribution in [0.25, 0.3) is 0 Å². The third-order valence-electron chi connectivity index (χ3n) is 1.09. The molecule has 0 N–H and O–H groups in total. The van der Waals surface area contributed by atoms with E-state index in [-0.39, 0.29) is 11.8 Å². The van der Waals surface area contributed by atoms with Crippen molar-refractivity contribution in [2.45, 2.75) is 0 Å². The van der Waals surface area contributed by atoms with Crippen LogP contribution in [0.3, 0.4) is 0 Å². The molecule has 0 rings (SSSR count). The van der Waals surface area contributed by atoms with Crippen LogP contribution < -0.4 is 0 Å². The summed E-state index contributed by atoms with van der Waals surface area (Å²) in [5, 5.41) is 0. The van der Waals surface area contributed by atoms with Gasteiger partial charge in [-0.25, -0.2) is 9.59 Å². The summed E-state index contributed by atoms with van der Waals surface area (Å²) in [5.74, 6) is -0.913. The average molecular weight is 265 g/mol. The molecule has 0 bridgehead atoms. The van der Waals surface area contributed by atoms with E-state index >= 15 is 0 Å². The number of hydrogen-bond donors (Lipinski definition) is 0. The van der Waals surface area contributed by atoms with Gasteiger partial charge in [0.25, 0.3) is 0 Å². The Morgan fingerprint density at radius 1 is 0.875 bits per heavy atom. The molecule has 0 heterocycles. The Kier molecular flexibility index (Phi) is 9.46. The zero-order valence-electron chi connectivity index (χ0n) is 8.27. The van der Waals surface area contributed by atoms with Crippen molar-refractivity contribution in [1.82, 2.24) is 0 Å². The average Bonchev–Trinajstić information content (AvgIpc) is 2.27. The van der Waals surface area contributed by atoms with Crippen LogP contribution in [-0.4, -0.2) is 23.7 Å². The summed E-state index contributed by atoms with van der Waals surface area (Å²) in [6.07, 6.45) is 7.03. The van der Waals surface area contributed by atoms with Crippen LogP contribution in [0.1, 0.15) is 0 Å². The number of hydrogen-bond acceptors (Lipinski definition) is 4. The highest BCUT2D eigenvalue weighted by atomic mass is 35.5. The number of halogens is 2. The van der Waals surface area contributed by atoms with Gasteiger partial charge in [0.15, 0.2) is 0 Å². The minimum Gasteiger partial charge on any atom is -0.432 e. The van der Waals surface area contributed by atoms with E-state index in [1.807, 2.05) is 0 Å². The molecule has 6 heteroatoms. The van der Waals surface area contributed by atoms with E-state index in [1.165, 1.54) is 12.2 Å². The molecule has 0 atom stereocenters. The summed E-state index contributed by atoms with van der Waals surface area (Å²) in [7, 11) is 0. The Balaban J connectivity index is 3.88. The zero-order valence-corrected chi connectivity index (χ0v) is 9.78. The smallest absolute Gasteiger partial charge is 0.335 e. The molecule has 0 unspecified atom stereocenters. The lowest BCUT2D eigenvalue weighted by atomic mass is 10.5. The van der Waals surface area contributed by atoms with Gasteiger partial charge in [0, 0.05) is 23.9 Å². The molecule has 4 nitrogen and oxygen atoms in total. The number of rotatable bonds is 6. The second-order valence-corrected chi connectivity index (χ2v) is 2.88. The lowest BCUT2D eigenvalue weighted by Crippen LogP contribution is -1.98. The molecule has 0 aliphatic rings. The lowest BCUT2D eigenvalue weighted by molar-refractivity contribution is -0.135. The van der Waals surface area contributed by atoms with Crippen molar-refractivity contribution in [2.75, 3.05) is 11.8 Å². The van der Waals surface area contributed by atoms with Crippen LogP contribution in [0, 0.1) is 0 Å². The molecule has 0 aromatic heterocycles. The van der Waals surface area contributed by atoms with E-state index in [4.69, 9.17) is 23.2 Å². The van der Waals surface area contributed by atoms with Crippen molar-refractivity contribution in [3.8, 4) is 0 Å². The fourth-order valence-electron chi connectivity index (χ4n) is 0.518. The number of allylic oxidation sites excluding steroid dienone is 2. The molecular formula is C10H10Cl2O4. The van der Waals surface area contributed by atoms with Crippen molar-refractivity contribution >= 4 is 35.1 Å². The highest BCUT2D eigenvalue weighted by Crippen LogP contribution is 1.89. The van der Waals surface area contributed by atoms with Gasteiger partial charge in [0.2, 0.25) is 0 Å². The standard InChI is InChI=1S/C10H10Cl2O4/c11-5-1-7-15-9(13)3-4-10(14)16-8-2-6-12/h1-4,7-8H,5-6H2/b4-3-,7-1?,8-2?. The third-order valence-corrected chi connectivity index (χ3v) is 1.45. The summed E-state index contributed by atoms with van der Waals surface area (Å²) < 4.78 is 9.04. The predicted molar refractivity (Wildman–Crippen MR) is 61.0 cm³/mol. The van der Waals surface area contributed by atoms with Gasteiger partial charge in [-0.2, -0.15) is 0 Å². The van der Waals surface area contributed by atoms with Gasteiger partial charge in [0.05, 0.1) is 12.5 Å². The second kappa shape index (κ2) is 10.3. The minimum atomic E-state index is -0.695. The fraction of sp³-hybridized carbons (Fsp3) is 0.200. The molecular weight excluding hydrogens is 255 g/mol. The van der Waals surface area contributed by atoms with Crippen LogP contribution in [0.2, 0.25) is 0 Å². The number of ether oxygens (including phenoxy) is 2. The van der Waals surface area contributed by atoms with E-state index in [2.05, 4.69) is 9.47 Å². The quantitative estimate of drug-likeness (QED) is 0.319. The summed E-state index contributed by atoms with van der Waals surface area (Å²) in [6.45, 7) is 0. The van der Waals surface area contributed by atoms with Gasteiger partial charge in [-0.05, 0) is 12.2 Å². The van der Waals surface area contributed by atoms with Crippen molar-refractivity contribution in [2.24, 2.45) is 0 Å². The highest BCUT2D eigenvalue weighted by Gasteiger charge is 1.97. The first kappa shape index (κ1) is 14.7. The van der Waals surface area contributed by atoms with Crippen molar-refractivity contribution < 1.29 is 19.1 Å². The van der Waals surface area contributed by atoms with E-state index < -0.39 is 11.9 Å². The van der Waals surface area contributed by atoms with Crippen molar-refractivity contribution in [3.05, 3.63) is 36.8 Å². The van der Waals surface area contributed by atoms with Gasteiger partial charge in [0.1, 0.15) is 0 Å². The lowest BCUT2D eigenvalue weighted by Gasteiger charge is -1.92. The Bertz CT molecular complexity index is 278. The Morgan fingerprint density at radius 2 is 1.25 bits per heavy atom. The van der Waals surface area contributed by atoms with Crippen LogP contribution in [0.15, 0.2) is 36.8 Å². The summed E-state index contributed by atoms with van der Waals surface area (Å²) >= 11 is 10.6. The van der Waals surface area contributed by atoms with Crippen LogP contribution in [0.5, 0.6) is 0 Å². The maximum Gasteiger partial charge on any atom is 0.335 e. The SMILES string of the molecule is O=C(/C=C\C(=O)OC=CCCl)OC=CCCl. The van der Waals surface area contributed by atoms with Gasteiger partial charge >= 0.3 is 11.9 Å². The Hall–Kier alpha value is -1.26. The van der Waals surface area contributed by atoms with E-state index in [1.54, 1.807) is 0 Å². The first-order valence-electron chi connectivity index (χ1n) is 4.22. The second-order valence-electron chi connectivity index (χ2n) is 2.26. The minimum absolute atomic E-state index is 0.238. The molecule has 0 aromatic carbocycles. The van der Waals surface area contributed by atoms with Gasteiger partial charge in [-0.15, -0.1) is 23.2 Å². The van der Waals surface area contributed by atoms with Crippen LogP contribution in [0.4, 0.5) is 0 Å². The number of carbonyl (C=O) groups is 2. The highest BCUT2D eigenvalue weighted by molar-refractivity contribution is 6.19. The summed E-state index contributed by atoms with van der Waals surface area (Å²) in [4.78, 5) is 21.8. The molecule has 0 amide bonds. The molecule has 0 aliphatic carbocycles. The topological polar surface area (TPSA) is 52.6 Å². The van der Waals surface area contributed by atoms with Crippen molar-refractivity contribution in [1.29, 1.82) is 0 Å². The normalized spacial score (nSPS) is 11.4. The van der Waals surface area contributed by atoms with Crippen LogP contribution in [-0.2, 0) is 19.1 Å². The largest absolute Gasteiger partial charge is 0.432 e. The molecule has 16 heavy (non-hydrogen) atoms. The van der Waals surface area contributed by atoms with E-state index in [9.17, 15) is 9.59 Å². The summed E-state index contributed by atoms with van der Waals surface area (Å²) in [6, 6.07) is 0. The van der Waals surface area contributed by atoms with Gasteiger partial charge in [-0.3, -0.25) is 0 Å². The molecule has 0 aliphatic heterocycles. The third kappa shape index (κ3) is 9.30. The number of esters is 2.